The van der Waals surface area contributed by atoms with Crippen LogP contribution in [0.1, 0.15) is 16.1 Å². The van der Waals surface area contributed by atoms with Gasteiger partial charge in [0.25, 0.3) is 5.91 Å². The predicted octanol–water partition coefficient (Wildman–Crippen LogP) is 4.33. The summed E-state index contributed by atoms with van der Waals surface area (Å²) in [6.07, 6.45) is 0. The Bertz CT molecular complexity index is 1010. The normalized spacial score (nSPS) is 10.5. The minimum Gasteiger partial charge on any atom is -0.452 e. The molecule has 3 rings (SSSR count). The molecule has 1 N–H and O–H groups in total. The van der Waals surface area contributed by atoms with Gasteiger partial charge in [-0.2, -0.15) is 5.10 Å². The fourth-order valence-corrected chi connectivity index (χ4v) is 3.70. The van der Waals surface area contributed by atoms with Gasteiger partial charge in [0.2, 0.25) is 0 Å². The van der Waals surface area contributed by atoms with Crippen LogP contribution in [0.4, 0.5) is 5.69 Å². The first kappa shape index (κ1) is 20.0. The molecule has 1 amide bonds. The lowest BCUT2D eigenvalue weighted by atomic mass is 10.3. The summed E-state index contributed by atoms with van der Waals surface area (Å²) < 4.78 is 6.48. The highest BCUT2D eigenvalue weighted by molar-refractivity contribution is 7.99. The van der Waals surface area contributed by atoms with Crippen molar-refractivity contribution in [2.75, 3.05) is 11.9 Å². The molecule has 0 spiro atoms. The summed E-state index contributed by atoms with van der Waals surface area (Å²) in [6.45, 7) is 1.23. The lowest BCUT2D eigenvalue weighted by Gasteiger charge is -2.11. The molecule has 1 heterocycles. The summed E-state index contributed by atoms with van der Waals surface area (Å²) in [7, 11) is 1.63. The fraction of sp³-hybridized carbons (Fsp3) is 0.150. The van der Waals surface area contributed by atoms with Gasteiger partial charge in [-0.3, -0.25) is 9.48 Å². The molecule has 0 saturated carbocycles. The second-order valence-electron chi connectivity index (χ2n) is 5.91. The number of halogens is 1. The Labute approximate surface area is 171 Å². The van der Waals surface area contributed by atoms with Crippen LogP contribution in [0.15, 0.2) is 64.4 Å². The molecule has 8 heteroatoms. The van der Waals surface area contributed by atoms with Crippen LogP contribution in [0.25, 0.3) is 0 Å². The summed E-state index contributed by atoms with van der Waals surface area (Å²) >= 11 is 7.58. The highest BCUT2D eigenvalue weighted by Gasteiger charge is 2.21. The van der Waals surface area contributed by atoms with Crippen LogP contribution in [0.2, 0.25) is 5.15 Å². The number of aryl methyl sites for hydroxylation is 2. The number of nitrogens with one attached hydrogen (secondary N) is 1. The number of hydrogen-bond donors (Lipinski definition) is 1. The van der Waals surface area contributed by atoms with Crippen molar-refractivity contribution in [3.8, 4) is 0 Å². The van der Waals surface area contributed by atoms with E-state index in [9.17, 15) is 9.59 Å². The number of carbonyl (C=O) groups excluding carboxylic acids is 2. The Morgan fingerprint density at radius 3 is 2.50 bits per heavy atom. The van der Waals surface area contributed by atoms with Gasteiger partial charge in [-0.1, -0.05) is 53.7 Å². The van der Waals surface area contributed by atoms with Crippen LogP contribution < -0.4 is 5.32 Å². The van der Waals surface area contributed by atoms with Crippen molar-refractivity contribution in [2.45, 2.75) is 16.7 Å². The highest BCUT2D eigenvalue weighted by atomic mass is 35.5. The van der Waals surface area contributed by atoms with Gasteiger partial charge in [-0.15, -0.1) is 0 Å². The van der Waals surface area contributed by atoms with Gasteiger partial charge in [0.05, 0.1) is 11.4 Å². The Morgan fingerprint density at radius 1 is 1.14 bits per heavy atom. The van der Waals surface area contributed by atoms with Crippen molar-refractivity contribution in [1.29, 1.82) is 0 Å². The van der Waals surface area contributed by atoms with E-state index in [1.54, 1.807) is 20.0 Å². The third kappa shape index (κ3) is 4.74. The average molecular weight is 416 g/mol. The number of nitrogens with zero attached hydrogens (tertiary/aromatic N) is 2. The molecule has 0 fully saturated rings. The lowest BCUT2D eigenvalue weighted by molar-refractivity contribution is -0.119. The van der Waals surface area contributed by atoms with Crippen LogP contribution in [0.3, 0.4) is 0 Å². The van der Waals surface area contributed by atoms with E-state index in [0.717, 1.165) is 9.79 Å². The summed E-state index contributed by atoms with van der Waals surface area (Å²) in [6, 6.07) is 17.3. The van der Waals surface area contributed by atoms with Gasteiger partial charge in [0, 0.05) is 16.8 Å². The molecule has 6 nitrogen and oxygen atoms in total. The number of ether oxygens (including phenoxy) is 1. The van der Waals surface area contributed by atoms with Gasteiger partial charge in [0.1, 0.15) is 10.7 Å². The highest BCUT2D eigenvalue weighted by Crippen LogP contribution is 2.33. The van der Waals surface area contributed by atoms with Crippen molar-refractivity contribution in [3.05, 3.63) is 71.0 Å². The number of esters is 1. The van der Waals surface area contributed by atoms with Crippen LogP contribution in [-0.4, -0.2) is 28.3 Å². The molecule has 0 radical (unpaired) electrons. The molecular weight excluding hydrogens is 398 g/mol. The van der Waals surface area contributed by atoms with E-state index in [1.807, 2.05) is 48.5 Å². The first-order valence-electron chi connectivity index (χ1n) is 8.43. The number of para-hydroxylation sites is 1. The molecule has 0 atom stereocenters. The number of hydrogen-bond acceptors (Lipinski definition) is 5. The number of anilines is 1. The van der Waals surface area contributed by atoms with E-state index in [1.165, 1.54) is 16.4 Å². The molecule has 0 aliphatic carbocycles. The van der Waals surface area contributed by atoms with Crippen LogP contribution in [0.5, 0.6) is 0 Å². The van der Waals surface area contributed by atoms with Crippen LogP contribution in [-0.2, 0) is 16.6 Å². The Balaban J connectivity index is 1.63. The summed E-state index contributed by atoms with van der Waals surface area (Å²) in [4.78, 5) is 26.4. The van der Waals surface area contributed by atoms with Crippen LogP contribution in [0, 0.1) is 6.92 Å². The Hall–Kier alpha value is -2.77. The van der Waals surface area contributed by atoms with E-state index in [0.29, 0.717) is 11.4 Å². The van der Waals surface area contributed by atoms with E-state index in [4.69, 9.17) is 16.3 Å². The lowest BCUT2D eigenvalue weighted by Crippen LogP contribution is -2.21. The molecule has 2 aromatic carbocycles. The second-order valence-corrected chi connectivity index (χ2v) is 7.38. The van der Waals surface area contributed by atoms with Crippen molar-refractivity contribution >= 4 is 40.9 Å². The monoisotopic (exact) mass is 415 g/mol. The summed E-state index contributed by atoms with van der Waals surface area (Å²) in [5, 5.41) is 7.01. The first-order valence-corrected chi connectivity index (χ1v) is 9.63. The molecule has 144 valence electrons. The second kappa shape index (κ2) is 8.95. The van der Waals surface area contributed by atoms with Gasteiger partial charge in [-0.25, -0.2) is 4.79 Å². The molecule has 0 saturated heterocycles. The van der Waals surface area contributed by atoms with Crippen molar-refractivity contribution in [3.63, 3.8) is 0 Å². The zero-order valence-electron chi connectivity index (χ0n) is 15.3. The topological polar surface area (TPSA) is 73.2 Å². The number of rotatable bonds is 6. The average Bonchev–Trinajstić information content (AvgIpc) is 2.94. The fourth-order valence-electron chi connectivity index (χ4n) is 2.53. The van der Waals surface area contributed by atoms with E-state index >= 15 is 0 Å². The maximum Gasteiger partial charge on any atom is 0.343 e. The largest absolute Gasteiger partial charge is 0.452 e. The molecule has 0 aliphatic rings. The number of aromatic nitrogens is 2. The van der Waals surface area contributed by atoms with E-state index in [2.05, 4.69) is 10.4 Å². The molecule has 0 unspecified atom stereocenters. The van der Waals surface area contributed by atoms with Crippen LogP contribution >= 0.6 is 23.4 Å². The molecule has 28 heavy (non-hydrogen) atoms. The van der Waals surface area contributed by atoms with E-state index < -0.39 is 18.5 Å². The smallest absolute Gasteiger partial charge is 0.343 e. The third-order valence-corrected chi connectivity index (χ3v) is 5.34. The summed E-state index contributed by atoms with van der Waals surface area (Å²) in [5.74, 6) is -1.12. The zero-order chi connectivity index (χ0) is 20.1. The first-order chi connectivity index (χ1) is 13.5. The molecule has 0 bridgehead atoms. The van der Waals surface area contributed by atoms with Gasteiger partial charge in [0.15, 0.2) is 6.61 Å². The van der Waals surface area contributed by atoms with Gasteiger partial charge < -0.3 is 10.1 Å². The Morgan fingerprint density at radius 2 is 1.82 bits per heavy atom. The standard InChI is InChI=1S/C20H18ClN3O3S/c1-13-18(19(21)24(2)23-13)20(26)27-12-17(25)22-15-10-6-7-11-16(15)28-14-8-4-3-5-9-14/h3-11H,12H2,1-2H3,(H,22,25). The quantitative estimate of drug-likeness (QED) is 0.606. The summed E-state index contributed by atoms with van der Waals surface area (Å²) in [5.41, 5.74) is 1.26. The van der Waals surface area contributed by atoms with E-state index in [-0.39, 0.29) is 10.7 Å². The van der Waals surface area contributed by atoms with Crippen molar-refractivity contribution < 1.29 is 14.3 Å². The minimum atomic E-state index is -0.683. The number of benzene rings is 2. The molecule has 3 aromatic rings. The predicted molar refractivity (Wildman–Crippen MR) is 109 cm³/mol. The zero-order valence-corrected chi connectivity index (χ0v) is 16.9. The third-order valence-electron chi connectivity index (χ3n) is 3.82. The maximum absolute atomic E-state index is 12.3. The van der Waals surface area contributed by atoms with Crippen molar-refractivity contribution in [1.82, 2.24) is 9.78 Å². The molecule has 1 aromatic heterocycles. The van der Waals surface area contributed by atoms with Crippen molar-refractivity contribution in [2.24, 2.45) is 7.05 Å². The molecular formula is C20H18ClN3O3S. The van der Waals surface area contributed by atoms with Gasteiger partial charge in [-0.05, 0) is 31.2 Å². The SMILES string of the molecule is Cc1nn(C)c(Cl)c1C(=O)OCC(=O)Nc1ccccc1Sc1ccccc1. The number of amides is 1. The maximum atomic E-state index is 12.3. The Kier molecular flexibility index (Phi) is 6.38. The molecule has 0 aliphatic heterocycles. The van der Waals surface area contributed by atoms with Gasteiger partial charge >= 0.3 is 5.97 Å². The minimum absolute atomic E-state index is 0.164. The number of carbonyl (C=O) groups is 2.